The molecule has 0 spiro atoms. The first-order valence-electron chi connectivity index (χ1n) is 10.3. The average Bonchev–Trinajstić information content (AvgIpc) is 3.00. The fourth-order valence-corrected chi connectivity index (χ4v) is 3.58. The molecule has 1 fully saturated rings. The number of hydrogen-bond acceptors (Lipinski definition) is 2. The van der Waals surface area contributed by atoms with E-state index in [2.05, 4.69) is 12.2 Å². The Hall–Kier alpha value is -0.570. The molecule has 0 aromatic heterocycles. The Bertz CT molecular complexity index is 298. The van der Waals surface area contributed by atoms with Crippen LogP contribution >= 0.6 is 0 Å². The number of hydrogen-bond donors (Lipinski definition) is 2. The zero-order valence-corrected chi connectivity index (χ0v) is 15.5. The molecule has 136 valence electrons. The minimum absolute atomic E-state index is 0.0815. The minimum Gasteiger partial charge on any atom is -0.355 e. The van der Waals surface area contributed by atoms with Gasteiger partial charge in [-0.3, -0.25) is 4.79 Å². The molecule has 0 radical (unpaired) electrons. The van der Waals surface area contributed by atoms with Gasteiger partial charge >= 0.3 is 0 Å². The third-order valence-corrected chi connectivity index (χ3v) is 5.26. The van der Waals surface area contributed by atoms with E-state index in [9.17, 15) is 4.79 Å². The molecule has 1 amide bonds. The van der Waals surface area contributed by atoms with Crippen molar-refractivity contribution in [1.29, 1.82) is 0 Å². The minimum atomic E-state index is -0.558. The van der Waals surface area contributed by atoms with Crippen molar-refractivity contribution >= 4 is 5.91 Å². The second-order valence-corrected chi connectivity index (χ2v) is 7.51. The van der Waals surface area contributed by atoms with E-state index in [4.69, 9.17) is 5.73 Å². The molecule has 1 rings (SSSR count). The molecule has 3 heteroatoms. The van der Waals surface area contributed by atoms with Gasteiger partial charge in [-0.05, 0) is 19.3 Å². The second-order valence-electron chi connectivity index (χ2n) is 7.51. The summed E-state index contributed by atoms with van der Waals surface area (Å²) in [4.78, 5) is 12.0. The molecule has 0 unspecified atom stereocenters. The summed E-state index contributed by atoms with van der Waals surface area (Å²) in [6, 6.07) is 0. The van der Waals surface area contributed by atoms with E-state index in [0.29, 0.717) is 0 Å². The topological polar surface area (TPSA) is 55.1 Å². The van der Waals surface area contributed by atoms with Gasteiger partial charge in [0.1, 0.15) is 0 Å². The van der Waals surface area contributed by atoms with Crippen LogP contribution in [0.15, 0.2) is 0 Å². The van der Waals surface area contributed by atoms with E-state index >= 15 is 0 Å². The maximum atomic E-state index is 12.0. The maximum Gasteiger partial charge on any atom is 0.240 e. The first-order chi connectivity index (χ1) is 11.2. The second kappa shape index (κ2) is 12.8. The number of unbranched alkanes of at least 4 members (excludes halogenated alkanes) is 11. The van der Waals surface area contributed by atoms with Crippen LogP contribution in [0.25, 0.3) is 0 Å². The quantitative estimate of drug-likeness (QED) is 0.438. The molecule has 0 atom stereocenters. The monoisotopic (exact) mass is 324 g/mol. The van der Waals surface area contributed by atoms with Gasteiger partial charge in [-0.25, -0.2) is 0 Å². The predicted octanol–water partition coefficient (Wildman–Crippen LogP) is 5.08. The first kappa shape index (κ1) is 20.5. The molecular weight excluding hydrogens is 284 g/mol. The summed E-state index contributed by atoms with van der Waals surface area (Å²) in [7, 11) is 0. The van der Waals surface area contributed by atoms with Crippen molar-refractivity contribution in [1.82, 2.24) is 5.32 Å². The van der Waals surface area contributed by atoms with Crippen LogP contribution in [0.4, 0.5) is 0 Å². The summed E-state index contributed by atoms with van der Waals surface area (Å²) in [6.45, 7) is 3.07. The van der Waals surface area contributed by atoms with Gasteiger partial charge in [-0.15, -0.1) is 0 Å². The lowest BCUT2D eigenvalue weighted by Crippen LogP contribution is -2.52. The van der Waals surface area contributed by atoms with Gasteiger partial charge in [0.2, 0.25) is 5.91 Å². The smallest absolute Gasteiger partial charge is 0.240 e. The molecule has 0 aliphatic heterocycles. The molecule has 3 N–H and O–H groups in total. The van der Waals surface area contributed by atoms with Crippen LogP contribution < -0.4 is 11.1 Å². The van der Waals surface area contributed by atoms with E-state index in [-0.39, 0.29) is 5.91 Å². The molecule has 0 bridgehead atoms. The molecule has 1 saturated carbocycles. The molecule has 23 heavy (non-hydrogen) atoms. The summed E-state index contributed by atoms with van der Waals surface area (Å²) in [5.41, 5.74) is 5.58. The fourth-order valence-electron chi connectivity index (χ4n) is 3.58. The number of carbonyl (C=O) groups is 1. The van der Waals surface area contributed by atoms with Crippen LogP contribution in [0.5, 0.6) is 0 Å². The van der Waals surface area contributed by atoms with Gasteiger partial charge in [0.25, 0.3) is 0 Å². The normalized spacial score (nSPS) is 16.6. The van der Waals surface area contributed by atoms with Crippen molar-refractivity contribution in [2.24, 2.45) is 5.73 Å². The SMILES string of the molecule is CCCCCCCCCCCCCCNC(=O)C1(N)CCCC1. The molecule has 1 aliphatic carbocycles. The largest absolute Gasteiger partial charge is 0.355 e. The zero-order valence-electron chi connectivity index (χ0n) is 15.5. The van der Waals surface area contributed by atoms with E-state index in [1.165, 1.54) is 70.6 Å². The molecule has 0 heterocycles. The Labute approximate surface area is 144 Å². The summed E-state index contributed by atoms with van der Waals surface area (Å²) >= 11 is 0. The highest BCUT2D eigenvalue weighted by atomic mass is 16.2. The van der Waals surface area contributed by atoms with E-state index in [1.54, 1.807) is 0 Å². The lowest BCUT2D eigenvalue weighted by atomic mass is 9.98. The van der Waals surface area contributed by atoms with Crippen LogP contribution in [0.3, 0.4) is 0 Å². The van der Waals surface area contributed by atoms with Crippen molar-refractivity contribution in [2.75, 3.05) is 6.54 Å². The lowest BCUT2D eigenvalue weighted by Gasteiger charge is -2.22. The Morgan fingerprint density at radius 2 is 1.26 bits per heavy atom. The van der Waals surface area contributed by atoms with Crippen molar-refractivity contribution < 1.29 is 4.79 Å². The molecule has 0 aromatic rings. The molecule has 0 aromatic carbocycles. The fraction of sp³-hybridized carbons (Fsp3) is 0.950. The van der Waals surface area contributed by atoms with E-state index in [0.717, 1.165) is 38.6 Å². The lowest BCUT2D eigenvalue weighted by molar-refractivity contribution is -0.126. The predicted molar refractivity (Wildman–Crippen MR) is 99.5 cm³/mol. The summed E-state index contributed by atoms with van der Waals surface area (Å²) in [6.07, 6.45) is 20.1. The molecule has 1 aliphatic rings. The highest BCUT2D eigenvalue weighted by Crippen LogP contribution is 2.27. The summed E-state index contributed by atoms with van der Waals surface area (Å²) in [5.74, 6) is 0.0815. The Morgan fingerprint density at radius 3 is 1.74 bits per heavy atom. The van der Waals surface area contributed by atoms with Crippen LogP contribution in [0, 0.1) is 0 Å². The third kappa shape index (κ3) is 9.34. The van der Waals surface area contributed by atoms with Gasteiger partial charge in [0, 0.05) is 6.54 Å². The molecular formula is C20H40N2O. The van der Waals surface area contributed by atoms with E-state index < -0.39 is 5.54 Å². The summed E-state index contributed by atoms with van der Waals surface area (Å²) in [5, 5.41) is 3.04. The van der Waals surface area contributed by atoms with Gasteiger partial charge in [-0.2, -0.15) is 0 Å². The van der Waals surface area contributed by atoms with Gasteiger partial charge in [0.05, 0.1) is 5.54 Å². The highest BCUT2D eigenvalue weighted by Gasteiger charge is 2.36. The van der Waals surface area contributed by atoms with Crippen LogP contribution in [-0.2, 0) is 4.79 Å². The van der Waals surface area contributed by atoms with Crippen molar-refractivity contribution in [2.45, 2.75) is 115 Å². The average molecular weight is 325 g/mol. The van der Waals surface area contributed by atoms with Crippen LogP contribution in [-0.4, -0.2) is 18.0 Å². The Morgan fingerprint density at radius 1 is 0.826 bits per heavy atom. The van der Waals surface area contributed by atoms with Crippen LogP contribution in [0.1, 0.15) is 110 Å². The number of amides is 1. The van der Waals surface area contributed by atoms with Crippen molar-refractivity contribution in [3.8, 4) is 0 Å². The Balaban J connectivity index is 1.80. The maximum absolute atomic E-state index is 12.0. The number of nitrogens with one attached hydrogen (secondary N) is 1. The highest BCUT2D eigenvalue weighted by molar-refractivity contribution is 5.86. The first-order valence-corrected chi connectivity index (χ1v) is 10.3. The standard InChI is InChI=1S/C20H40N2O/c1-2-3-4-5-6-7-8-9-10-11-12-15-18-22-19(23)20(21)16-13-14-17-20/h2-18,21H2,1H3,(H,22,23). The van der Waals surface area contributed by atoms with Crippen LogP contribution in [0.2, 0.25) is 0 Å². The van der Waals surface area contributed by atoms with Gasteiger partial charge in [0.15, 0.2) is 0 Å². The van der Waals surface area contributed by atoms with Gasteiger partial charge in [-0.1, -0.05) is 90.4 Å². The number of rotatable bonds is 14. The summed E-state index contributed by atoms with van der Waals surface area (Å²) < 4.78 is 0. The number of nitrogens with two attached hydrogens (primary N) is 1. The van der Waals surface area contributed by atoms with Crippen molar-refractivity contribution in [3.63, 3.8) is 0 Å². The number of carbonyl (C=O) groups excluding carboxylic acids is 1. The Kier molecular flexibility index (Phi) is 11.4. The van der Waals surface area contributed by atoms with Gasteiger partial charge < -0.3 is 11.1 Å². The van der Waals surface area contributed by atoms with Crippen molar-refractivity contribution in [3.05, 3.63) is 0 Å². The third-order valence-electron chi connectivity index (χ3n) is 5.26. The van der Waals surface area contributed by atoms with E-state index in [1.807, 2.05) is 0 Å². The zero-order chi connectivity index (χ0) is 16.8. The molecule has 3 nitrogen and oxygen atoms in total. The molecule has 0 saturated heterocycles.